The summed E-state index contributed by atoms with van der Waals surface area (Å²) in [6.45, 7) is 7.17. The Morgan fingerprint density at radius 3 is 2.31 bits per heavy atom. The van der Waals surface area contributed by atoms with E-state index in [2.05, 4.69) is 0 Å². The first-order valence-electron chi connectivity index (χ1n) is 8.65. The standard InChI is InChI=1S/C19H22ClN3O3/c1-12-10-15(20)11-17-16(12)4-5-23(19(17)26)13(2)18(25)22-8-6-21(7-9-22)14(3)24/h4-5,10-11,13H,6-9H2,1-3H3. The Balaban J connectivity index is 1.87. The molecule has 0 saturated carbocycles. The summed E-state index contributed by atoms with van der Waals surface area (Å²) in [5.74, 6) is -0.100. The number of benzene rings is 1. The minimum absolute atomic E-state index is 0.0168. The van der Waals surface area contributed by atoms with Gasteiger partial charge in [0.1, 0.15) is 6.04 Å². The number of carbonyl (C=O) groups excluding carboxylic acids is 2. The Hall–Kier alpha value is -2.34. The van der Waals surface area contributed by atoms with Gasteiger partial charge in [0.25, 0.3) is 5.56 Å². The van der Waals surface area contributed by atoms with Crippen LogP contribution in [-0.2, 0) is 9.59 Å². The average molecular weight is 376 g/mol. The summed E-state index contributed by atoms with van der Waals surface area (Å²) >= 11 is 6.10. The van der Waals surface area contributed by atoms with Gasteiger partial charge in [-0.25, -0.2) is 0 Å². The van der Waals surface area contributed by atoms with Gasteiger partial charge in [0.15, 0.2) is 0 Å². The molecular formula is C19H22ClN3O3. The number of aryl methyl sites for hydroxylation is 1. The average Bonchev–Trinajstić information content (AvgIpc) is 2.61. The number of rotatable bonds is 2. The van der Waals surface area contributed by atoms with E-state index in [-0.39, 0.29) is 17.4 Å². The van der Waals surface area contributed by atoms with Crippen molar-refractivity contribution in [2.24, 2.45) is 0 Å². The van der Waals surface area contributed by atoms with Gasteiger partial charge in [-0.05, 0) is 43.0 Å². The predicted octanol–water partition coefficient (Wildman–Crippen LogP) is 2.22. The van der Waals surface area contributed by atoms with E-state index < -0.39 is 6.04 Å². The smallest absolute Gasteiger partial charge is 0.259 e. The monoisotopic (exact) mass is 375 g/mol. The molecule has 1 unspecified atom stereocenters. The summed E-state index contributed by atoms with van der Waals surface area (Å²) in [5, 5.41) is 1.85. The zero-order chi connectivity index (χ0) is 19.0. The Kier molecular flexibility index (Phi) is 5.05. The molecular weight excluding hydrogens is 354 g/mol. The van der Waals surface area contributed by atoms with Gasteiger partial charge in [-0.15, -0.1) is 0 Å². The van der Waals surface area contributed by atoms with E-state index in [4.69, 9.17) is 11.6 Å². The van der Waals surface area contributed by atoms with Crippen molar-refractivity contribution in [3.05, 3.63) is 45.3 Å². The molecule has 1 aliphatic rings. The maximum atomic E-state index is 12.9. The molecule has 1 aliphatic heterocycles. The second-order valence-corrected chi connectivity index (χ2v) is 7.16. The van der Waals surface area contributed by atoms with Gasteiger partial charge < -0.3 is 14.4 Å². The van der Waals surface area contributed by atoms with Crippen LogP contribution in [-0.4, -0.2) is 52.4 Å². The zero-order valence-corrected chi connectivity index (χ0v) is 15.9. The van der Waals surface area contributed by atoms with Crippen molar-refractivity contribution in [1.82, 2.24) is 14.4 Å². The highest BCUT2D eigenvalue weighted by atomic mass is 35.5. The van der Waals surface area contributed by atoms with Crippen molar-refractivity contribution in [3.8, 4) is 0 Å². The SMILES string of the molecule is CC(=O)N1CCN(C(=O)C(C)n2ccc3c(C)cc(Cl)cc3c2=O)CC1. The highest BCUT2D eigenvalue weighted by Crippen LogP contribution is 2.22. The van der Waals surface area contributed by atoms with Crippen LogP contribution in [0.25, 0.3) is 10.8 Å². The van der Waals surface area contributed by atoms with Crippen LogP contribution in [0, 0.1) is 6.92 Å². The summed E-state index contributed by atoms with van der Waals surface area (Å²) < 4.78 is 1.46. The van der Waals surface area contributed by atoms with Crippen LogP contribution in [0.3, 0.4) is 0 Å². The first-order valence-corrected chi connectivity index (χ1v) is 9.02. The summed E-state index contributed by atoms with van der Waals surface area (Å²) in [4.78, 5) is 40.6. The van der Waals surface area contributed by atoms with Crippen LogP contribution < -0.4 is 5.56 Å². The van der Waals surface area contributed by atoms with Crippen molar-refractivity contribution in [1.29, 1.82) is 0 Å². The lowest BCUT2D eigenvalue weighted by molar-refractivity contribution is -0.140. The normalized spacial score (nSPS) is 16.0. The molecule has 0 radical (unpaired) electrons. The molecule has 1 atom stereocenters. The van der Waals surface area contributed by atoms with Gasteiger partial charge >= 0.3 is 0 Å². The first-order chi connectivity index (χ1) is 12.3. The molecule has 1 aromatic heterocycles. The van der Waals surface area contributed by atoms with Crippen LogP contribution in [0.5, 0.6) is 0 Å². The summed E-state index contributed by atoms with van der Waals surface area (Å²) in [7, 11) is 0. The number of halogens is 1. The lowest BCUT2D eigenvalue weighted by Crippen LogP contribution is -2.51. The molecule has 1 fully saturated rings. The van der Waals surface area contributed by atoms with Crippen molar-refractivity contribution < 1.29 is 9.59 Å². The van der Waals surface area contributed by atoms with Crippen molar-refractivity contribution in [3.63, 3.8) is 0 Å². The molecule has 0 bridgehead atoms. The molecule has 0 spiro atoms. The quantitative estimate of drug-likeness (QED) is 0.808. The fourth-order valence-electron chi connectivity index (χ4n) is 3.44. The third-order valence-corrected chi connectivity index (χ3v) is 5.25. The first kappa shape index (κ1) is 18.5. The van der Waals surface area contributed by atoms with E-state index in [0.29, 0.717) is 36.6 Å². The lowest BCUT2D eigenvalue weighted by Gasteiger charge is -2.35. The van der Waals surface area contributed by atoms with Gasteiger partial charge in [0.2, 0.25) is 11.8 Å². The summed E-state index contributed by atoms with van der Waals surface area (Å²) in [6.07, 6.45) is 1.67. The highest BCUT2D eigenvalue weighted by molar-refractivity contribution is 6.31. The molecule has 0 N–H and O–H groups in total. The maximum absolute atomic E-state index is 12.9. The second-order valence-electron chi connectivity index (χ2n) is 6.72. The highest BCUT2D eigenvalue weighted by Gasteiger charge is 2.27. The lowest BCUT2D eigenvalue weighted by atomic mass is 10.1. The molecule has 1 aromatic carbocycles. The van der Waals surface area contributed by atoms with E-state index in [1.54, 1.807) is 29.0 Å². The summed E-state index contributed by atoms with van der Waals surface area (Å²) in [6, 6.07) is 4.69. The van der Waals surface area contributed by atoms with Crippen LogP contribution in [0.15, 0.2) is 29.2 Å². The number of nitrogens with zero attached hydrogens (tertiary/aromatic N) is 3. The van der Waals surface area contributed by atoms with Crippen LogP contribution >= 0.6 is 11.6 Å². The number of piperazine rings is 1. The Labute approximate surface area is 156 Å². The minimum Gasteiger partial charge on any atom is -0.339 e. The topological polar surface area (TPSA) is 62.6 Å². The van der Waals surface area contributed by atoms with Gasteiger partial charge in [-0.3, -0.25) is 14.4 Å². The minimum atomic E-state index is -0.616. The van der Waals surface area contributed by atoms with Gasteiger partial charge in [0, 0.05) is 49.7 Å². The fourth-order valence-corrected chi connectivity index (χ4v) is 3.72. The van der Waals surface area contributed by atoms with Crippen molar-refractivity contribution >= 4 is 34.2 Å². The summed E-state index contributed by atoms with van der Waals surface area (Å²) in [5.41, 5.74) is 0.701. The zero-order valence-electron chi connectivity index (χ0n) is 15.2. The number of pyridine rings is 1. The largest absolute Gasteiger partial charge is 0.339 e. The third-order valence-electron chi connectivity index (χ3n) is 5.03. The fraction of sp³-hybridized carbons (Fsp3) is 0.421. The Morgan fingerprint density at radius 2 is 1.69 bits per heavy atom. The third kappa shape index (κ3) is 3.33. The van der Waals surface area contributed by atoms with Crippen molar-refractivity contribution in [2.75, 3.05) is 26.2 Å². The molecule has 0 aliphatic carbocycles. The van der Waals surface area contributed by atoms with Crippen molar-refractivity contribution in [2.45, 2.75) is 26.8 Å². The van der Waals surface area contributed by atoms with Gasteiger partial charge in [0.05, 0.1) is 0 Å². The van der Waals surface area contributed by atoms with E-state index in [1.807, 2.05) is 19.1 Å². The van der Waals surface area contributed by atoms with E-state index >= 15 is 0 Å². The number of aromatic nitrogens is 1. The van der Waals surface area contributed by atoms with Gasteiger partial charge in [-0.2, -0.15) is 0 Å². The molecule has 2 aromatic rings. The molecule has 7 heteroatoms. The number of hydrogen-bond acceptors (Lipinski definition) is 3. The second kappa shape index (κ2) is 7.11. The van der Waals surface area contributed by atoms with E-state index in [1.165, 1.54) is 11.5 Å². The predicted molar refractivity (Wildman–Crippen MR) is 102 cm³/mol. The molecule has 138 valence electrons. The van der Waals surface area contributed by atoms with Crippen LogP contribution in [0.2, 0.25) is 5.02 Å². The molecule has 2 heterocycles. The van der Waals surface area contributed by atoms with Gasteiger partial charge in [-0.1, -0.05) is 11.6 Å². The molecule has 3 rings (SSSR count). The molecule has 1 saturated heterocycles. The Bertz CT molecular complexity index is 930. The number of fused-ring (bicyclic) bond motifs is 1. The number of amides is 2. The number of hydrogen-bond donors (Lipinski definition) is 0. The molecule has 26 heavy (non-hydrogen) atoms. The van der Waals surface area contributed by atoms with Crippen LogP contribution in [0.4, 0.5) is 0 Å². The maximum Gasteiger partial charge on any atom is 0.259 e. The molecule has 6 nitrogen and oxygen atoms in total. The van der Waals surface area contributed by atoms with Crippen LogP contribution in [0.1, 0.15) is 25.5 Å². The van der Waals surface area contributed by atoms with E-state index in [0.717, 1.165) is 10.9 Å². The Morgan fingerprint density at radius 1 is 1.08 bits per heavy atom. The molecule has 2 amide bonds. The van der Waals surface area contributed by atoms with E-state index in [9.17, 15) is 14.4 Å². The number of carbonyl (C=O) groups is 2.